The third-order valence-electron chi connectivity index (χ3n) is 3.58. The maximum Gasteiger partial charge on any atom is 0.279 e. The van der Waals surface area contributed by atoms with Gasteiger partial charge in [-0.2, -0.15) is 0 Å². The topological polar surface area (TPSA) is 42.8 Å². The first-order valence-corrected chi connectivity index (χ1v) is 9.20. The first kappa shape index (κ1) is 18.6. The number of benzene rings is 2. The summed E-state index contributed by atoms with van der Waals surface area (Å²) in [5.41, 5.74) is 1.84. The molecule has 0 aliphatic carbocycles. The molecule has 1 amide bonds. The molecule has 0 aliphatic rings. The van der Waals surface area contributed by atoms with Crippen molar-refractivity contribution in [2.75, 3.05) is 32.3 Å². The fourth-order valence-electron chi connectivity index (χ4n) is 2.49. The first-order chi connectivity index (χ1) is 11.5. The molecule has 2 rings (SSSR count). The largest absolute Gasteiger partial charge is 0.496 e. The number of anilines is 1. The van der Waals surface area contributed by atoms with Gasteiger partial charge in [-0.1, -0.05) is 23.7 Å². The van der Waals surface area contributed by atoms with Gasteiger partial charge in [-0.05, 0) is 36.6 Å². The molecule has 0 aliphatic heterocycles. The Hall–Kier alpha value is -1.69. The van der Waals surface area contributed by atoms with Crippen molar-refractivity contribution in [3.8, 4) is 5.75 Å². The lowest BCUT2D eigenvalue weighted by atomic mass is 10.2. The van der Waals surface area contributed by atoms with Crippen LogP contribution in [0.3, 0.4) is 0 Å². The molecule has 24 heavy (non-hydrogen) atoms. The molecule has 0 heterocycles. The van der Waals surface area contributed by atoms with Crippen LogP contribution in [0.4, 0.5) is 5.69 Å². The lowest BCUT2D eigenvalue weighted by molar-refractivity contribution is -0.885. The van der Waals surface area contributed by atoms with Gasteiger partial charge in [0.05, 0.1) is 19.8 Å². The Morgan fingerprint density at radius 1 is 1.29 bits per heavy atom. The number of hydrogen-bond acceptors (Lipinski definition) is 3. The summed E-state index contributed by atoms with van der Waals surface area (Å²) >= 11 is 7.67. The fourth-order valence-corrected chi connectivity index (χ4v) is 3.24. The van der Waals surface area contributed by atoms with Crippen molar-refractivity contribution < 1.29 is 14.4 Å². The number of ether oxygens (including phenoxy) is 1. The minimum Gasteiger partial charge on any atom is -0.496 e. The smallest absolute Gasteiger partial charge is 0.279 e. The van der Waals surface area contributed by atoms with E-state index < -0.39 is 0 Å². The van der Waals surface area contributed by atoms with Crippen molar-refractivity contribution in [2.24, 2.45) is 0 Å². The van der Waals surface area contributed by atoms with Crippen LogP contribution in [0.15, 0.2) is 47.4 Å². The number of nitrogens with one attached hydrogen (secondary N) is 2. The summed E-state index contributed by atoms with van der Waals surface area (Å²) in [5.74, 6) is 0.766. The average molecular weight is 366 g/mol. The van der Waals surface area contributed by atoms with Crippen LogP contribution in [0.5, 0.6) is 5.75 Å². The fraction of sp³-hybridized carbons (Fsp3) is 0.278. The highest BCUT2D eigenvalue weighted by molar-refractivity contribution is 7.98. The van der Waals surface area contributed by atoms with Gasteiger partial charge in [-0.25, -0.2) is 0 Å². The Morgan fingerprint density at radius 2 is 2.04 bits per heavy atom. The van der Waals surface area contributed by atoms with E-state index in [2.05, 4.69) is 5.32 Å². The Morgan fingerprint density at radius 3 is 2.75 bits per heavy atom. The number of hydrogen-bond donors (Lipinski definition) is 2. The number of quaternary nitrogens is 1. The van der Waals surface area contributed by atoms with Crippen molar-refractivity contribution in [1.82, 2.24) is 0 Å². The van der Waals surface area contributed by atoms with E-state index in [4.69, 9.17) is 16.3 Å². The lowest BCUT2D eigenvalue weighted by Crippen LogP contribution is -3.08. The van der Waals surface area contributed by atoms with Gasteiger partial charge in [-0.3, -0.25) is 4.79 Å². The zero-order valence-corrected chi connectivity index (χ0v) is 15.6. The van der Waals surface area contributed by atoms with Crippen molar-refractivity contribution in [2.45, 2.75) is 11.4 Å². The second kappa shape index (κ2) is 8.97. The number of rotatable bonds is 7. The summed E-state index contributed by atoms with van der Waals surface area (Å²) in [7, 11) is 3.61. The van der Waals surface area contributed by atoms with Crippen LogP contribution in [-0.4, -0.2) is 32.9 Å². The molecule has 0 bridgehead atoms. The van der Waals surface area contributed by atoms with E-state index in [0.29, 0.717) is 18.1 Å². The van der Waals surface area contributed by atoms with Crippen LogP contribution in [0.25, 0.3) is 0 Å². The number of likely N-dealkylation sites (N-methyl/N-ethyl adjacent to an activating group) is 1. The van der Waals surface area contributed by atoms with Gasteiger partial charge in [0, 0.05) is 15.5 Å². The number of methoxy groups -OCH3 is 1. The molecular formula is C18H22ClN2O2S+. The van der Waals surface area contributed by atoms with Gasteiger partial charge in [0.1, 0.15) is 12.3 Å². The third-order valence-corrected chi connectivity index (χ3v) is 4.61. The van der Waals surface area contributed by atoms with Gasteiger partial charge >= 0.3 is 0 Å². The van der Waals surface area contributed by atoms with E-state index in [-0.39, 0.29) is 5.91 Å². The summed E-state index contributed by atoms with van der Waals surface area (Å²) in [5, 5.41) is 3.64. The molecule has 0 saturated heterocycles. The second-order valence-electron chi connectivity index (χ2n) is 5.52. The van der Waals surface area contributed by atoms with Crippen molar-refractivity contribution >= 4 is 35.0 Å². The van der Waals surface area contributed by atoms with E-state index in [1.54, 1.807) is 24.9 Å². The highest BCUT2D eigenvalue weighted by Gasteiger charge is 2.15. The van der Waals surface area contributed by atoms with Crippen LogP contribution in [-0.2, 0) is 11.3 Å². The summed E-state index contributed by atoms with van der Waals surface area (Å²) in [4.78, 5) is 14.4. The molecule has 6 heteroatoms. The summed E-state index contributed by atoms with van der Waals surface area (Å²) in [6, 6.07) is 13.3. The summed E-state index contributed by atoms with van der Waals surface area (Å²) in [6.45, 7) is 1.01. The van der Waals surface area contributed by atoms with E-state index in [9.17, 15) is 4.79 Å². The first-order valence-electron chi connectivity index (χ1n) is 7.60. The molecule has 0 saturated carbocycles. The Kier molecular flexibility index (Phi) is 6.97. The highest BCUT2D eigenvalue weighted by Crippen LogP contribution is 2.24. The third kappa shape index (κ3) is 5.16. The minimum atomic E-state index is -0.0185. The number of halogens is 1. The van der Waals surface area contributed by atoms with Crippen LogP contribution in [0.1, 0.15) is 5.56 Å². The van der Waals surface area contributed by atoms with Crippen LogP contribution in [0.2, 0.25) is 5.02 Å². The molecule has 1 unspecified atom stereocenters. The number of carbonyl (C=O) groups excluding carboxylic acids is 1. The number of thioether (sulfide) groups is 1. The Bertz CT molecular complexity index is 709. The molecule has 2 aromatic carbocycles. The van der Waals surface area contributed by atoms with Crippen molar-refractivity contribution in [1.29, 1.82) is 0 Å². The normalized spacial score (nSPS) is 11.8. The Balaban J connectivity index is 1.98. The zero-order valence-electron chi connectivity index (χ0n) is 14.1. The lowest BCUT2D eigenvalue weighted by Gasteiger charge is -2.16. The Labute approximate surface area is 152 Å². The average Bonchev–Trinajstić information content (AvgIpc) is 2.55. The summed E-state index contributed by atoms with van der Waals surface area (Å²) < 4.78 is 5.36. The predicted octanol–water partition coefficient (Wildman–Crippen LogP) is 2.72. The van der Waals surface area contributed by atoms with Crippen LogP contribution >= 0.6 is 23.4 Å². The summed E-state index contributed by atoms with van der Waals surface area (Å²) in [6.07, 6.45) is 1.99. The number of amides is 1. The molecule has 0 aromatic heterocycles. The molecule has 4 nitrogen and oxygen atoms in total. The highest BCUT2D eigenvalue weighted by atomic mass is 35.5. The van der Waals surface area contributed by atoms with Gasteiger partial charge < -0.3 is 15.0 Å². The molecule has 1 atom stereocenters. The molecular weight excluding hydrogens is 344 g/mol. The van der Waals surface area contributed by atoms with Crippen molar-refractivity contribution in [3.63, 3.8) is 0 Å². The van der Waals surface area contributed by atoms with Crippen LogP contribution < -0.4 is 15.0 Å². The van der Waals surface area contributed by atoms with Gasteiger partial charge in [0.25, 0.3) is 5.91 Å². The predicted molar refractivity (Wildman–Crippen MR) is 100 cm³/mol. The van der Waals surface area contributed by atoms with Crippen molar-refractivity contribution in [3.05, 3.63) is 53.1 Å². The molecule has 0 radical (unpaired) electrons. The maximum absolute atomic E-state index is 12.3. The molecule has 0 spiro atoms. The van der Waals surface area contributed by atoms with Gasteiger partial charge in [0.2, 0.25) is 0 Å². The van der Waals surface area contributed by atoms with Crippen LogP contribution in [0, 0.1) is 0 Å². The minimum absolute atomic E-state index is 0.0185. The SMILES string of the molecule is COc1ccc(Cl)cc1C[NH+](C)CC(=O)Nc1ccccc1SC. The zero-order chi connectivity index (χ0) is 17.5. The monoisotopic (exact) mass is 365 g/mol. The molecule has 2 aromatic rings. The molecule has 0 fully saturated rings. The molecule has 2 N–H and O–H groups in total. The molecule has 128 valence electrons. The maximum atomic E-state index is 12.3. The van der Waals surface area contributed by atoms with E-state index >= 15 is 0 Å². The standard InChI is InChI=1S/C18H21ClN2O2S/c1-21(11-13-10-14(19)8-9-16(13)23-2)12-18(22)20-15-6-4-5-7-17(15)24-3/h4-10H,11-12H2,1-3H3,(H,20,22)/p+1. The number of para-hydroxylation sites is 1. The quantitative estimate of drug-likeness (QED) is 0.741. The van der Waals surface area contributed by atoms with E-state index in [1.807, 2.05) is 49.7 Å². The second-order valence-corrected chi connectivity index (χ2v) is 6.80. The van der Waals surface area contributed by atoms with Gasteiger partial charge in [-0.15, -0.1) is 11.8 Å². The van der Waals surface area contributed by atoms with E-state index in [1.165, 1.54) is 0 Å². The number of carbonyl (C=O) groups is 1. The van der Waals surface area contributed by atoms with E-state index in [0.717, 1.165) is 26.8 Å². The van der Waals surface area contributed by atoms with Gasteiger partial charge in [0.15, 0.2) is 6.54 Å².